The number of nitrogens with zero attached hydrogens (tertiary/aromatic N) is 1. The average Bonchev–Trinajstić information content (AvgIpc) is 2.30. The minimum atomic E-state index is 0.0961. The van der Waals surface area contributed by atoms with E-state index >= 15 is 0 Å². The van der Waals surface area contributed by atoms with Crippen LogP contribution in [0.15, 0.2) is 12.7 Å². The molecule has 0 aliphatic carbocycles. The van der Waals surface area contributed by atoms with E-state index in [0.717, 1.165) is 26.2 Å². The van der Waals surface area contributed by atoms with Crippen molar-refractivity contribution in [3.8, 4) is 0 Å². The lowest BCUT2D eigenvalue weighted by atomic mass is 9.71. The third kappa shape index (κ3) is 2.23. The minimum Gasteiger partial charge on any atom is -0.339 e. The van der Waals surface area contributed by atoms with Crippen molar-refractivity contribution in [3.05, 3.63) is 12.7 Å². The fraction of sp³-hybridized carbons (Fsp3) is 0.750. The summed E-state index contributed by atoms with van der Waals surface area (Å²) in [7, 11) is 0. The van der Waals surface area contributed by atoms with Crippen LogP contribution in [0.2, 0.25) is 0 Å². The largest absolute Gasteiger partial charge is 0.339 e. The standard InChI is InChI=1S/C12H20N2O/c1-2-11(15)14-9-5-12(6-10-14)3-7-13-8-4-12/h2,13H,1,3-10H2. The molecule has 0 radical (unpaired) electrons. The van der Waals surface area contributed by atoms with Gasteiger partial charge < -0.3 is 10.2 Å². The molecular weight excluding hydrogens is 188 g/mol. The average molecular weight is 208 g/mol. The highest BCUT2D eigenvalue weighted by Crippen LogP contribution is 2.39. The second-order valence-electron chi connectivity index (χ2n) is 4.78. The molecule has 2 heterocycles. The van der Waals surface area contributed by atoms with Crippen molar-refractivity contribution >= 4 is 5.91 Å². The fourth-order valence-electron chi connectivity index (χ4n) is 2.79. The molecule has 0 bridgehead atoms. The summed E-state index contributed by atoms with van der Waals surface area (Å²) < 4.78 is 0. The molecule has 2 aliphatic rings. The number of carbonyl (C=O) groups is 1. The number of hydrogen-bond acceptors (Lipinski definition) is 2. The Bertz CT molecular complexity index is 246. The molecule has 2 fully saturated rings. The van der Waals surface area contributed by atoms with Crippen molar-refractivity contribution in [2.24, 2.45) is 5.41 Å². The maximum atomic E-state index is 11.4. The molecule has 1 spiro atoms. The van der Waals surface area contributed by atoms with Crippen LogP contribution in [0.1, 0.15) is 25.7 Å². The highest BCUT2D eigenvalue weighted by atomic mass is 16.2. The van der Waals surface area contributed by atoms with Crippen LogP contribution in [0.5, 0.6) is 0 Å². The Morgan fingerprint density at radius 1 is 1.20 bits per heavy atom. The van der Waals surface area contributed by atoms with Crippen LogP contribution in [0.25, 0.3) is 0 Å². The van der Waals surface area contributed by atoms with E-state index in [0.29, 0.717) is 5.41 Å². The summed E-state index contributed by atoms with van der Waals surface area (Å²) in [6.45, 7) is 7.68. The van der Waals surface area contributed by atoms with E-state index in [9.17, 15) is 4.79 Å². The first-order valence-corrected chi connectivity index (χ1v) is 5.88. The van der Waals surface area contributed by atoms with Gasteiger partial charge >= 0.3 is 0 Å². The van der Waals surface area contributed by atoms with Gasteiger partial charge in [0.15, 0.2) is 0 Å². The van der Waals surface area contributed by atoms with Gasteiger partial charge in [-0.05, 0) is 50.3 Å². The van der Waals surface area contributed by atoms with E-state index in [4.69, 9.17) is 0 Å². The molecule has 3 heteroatoms. The Balaban J connectivity index is 1.90. The highest BCUT2D eigenvalue weighted by molar-refractivity contribution is 5.87. The van der Waals surface area contributed by atoms with E-state index in [1.165, 1.54) is 31.8 Å². The zero-order valence-electron chi connectivity index (χ0n) is 9.30. The second kappa shape index (κ2) is 4.35. The van der Waals surface area contributed by atoms with Crippen molar-refractivity contribution < 1.29 is 4.79 Å². The molecule has 0 unspecified atom stereocenters. The van der Waals surface area contributed by atoms with Crippen molar-refractivity contribution in [2.75, 3.05) is 26.2 Å². The molecular formula is C12H20N2O. The zero-order valence-corrected chi connectivity index (χ0v) is 9.30. The molecule has 0 atom stereocenters. The summed E-state index contributed by atoms with van der Waals surface area (Å²) in [6.07, 6.45) is 6.34. The van der Waals surface area contributed by atoms with Gasteiger partial charge in [-0.25, -0.2) is 0 Å². The van der Waals surface area contributed by atoms with Gasteiger partial charge in [-0.3, -0.25) is 4.79 Å². The predicted octanol–water partition coefficient (Wildman–Crippen LogP) is 1.16. The Morgan fingerprint density at radius 2 is 1.80 bits per heavy atom. The van der Waals surface area contributed by atoms with Crippen LogP contribution in [0.4, 0.5) is 0 Å². The first-order valence-electron chi connectivity index (χ1n) is 5.88. The maximum Gasteiger partial charge on any atom is 0.245 e. The second-order valence-corrected chi connectivity index (χ2v) is 4.78. The number of amides is 1. The van der Waals surface area contributed by atoms with E-state index in [-0.39, 0.29) is 5.91 Å². The van der Waals surface area contributed by atoms with Crippen molar-refractivity contribution in [1.82, 2.24) is 10.2 Å². The van der Waals surface area contributed by atoms with E-state index < -0.39 is 0 Å². The van der Waals surface area contributed by atoms with Crippen LogP contribution in [-0.4, -0.2) is 37.0 Å². The van der Waals surface area contributed by atoms with Gasteiger partial charge in [-0.2, -0.15) is 0 Å². The quantitative estimate of drug-likeness (QED) is 0.656. The Morgan fingerprint density at radius 3 is 2.33 bits per heavy atom. The highest BCUT2D eigenvalue weighted by Gasteiger charge is 2.36. The number of likely N-dealkylation sites (tertiary alicyclic amines) is 1. The zero-order chi connectivity index (χ0) is 10.7. The van der Waals surface area contributed by atoms with E-state index in [2.05, 4.69) is 11.9 Å². The lowest BCUT2D eigenvalue weighted by Crippen LogP contribution is -2.46. The molecule has 3 nitrogen and oxygen atoms in total. The number of nitrogens with one attached hydrogen (secondary N) is 1. The SMILES string of the molecule is C=CC(=O)N1CCC2(CCNCC2)CC1. The molecule has 2 aliphatic heterocycles. The Labute approximate surface area is 91.5 Å². The van der Waals surface area contributed by atoms with Gasteiger partial charge in [0, 0.05) is 13.1 Å². The van der Waals surface area contributed by atoms with Crippen molar-refractivity contribution in [1.29, 1.82) is 0 Å². The number of hydrogen-bond donors (Lipinski definition) is 1. The van der Waals surface area contributed by atoms with Gasteiger partial charge in [0.25, 0.3) is 0 Å². The lowest BCUT2D eigenvalue weighted by molar-refractivity contribution is -0.128. The molecule has 1 amide bonds. The van der Waals surface area contributed by atoms with Gasteiger partial charge in [0.05, 0.1) is 0 Å². The summed E-state index contributed by atoms with van der Waals surface area (Å²) >= 11 is 0. The summed E-state index contributed by atoms with van der Waals surface area (Å²) in [5, 5.41) is 3.40. The summed E-state index contributed by atoms with van der Waals surface area (Å²) in [5.41, 5.74) is 0.531. The molecule has 2 saturated heterocycles. The van der Waals surface area contributed by atoms with Gasteiger partial charge in [0.2, 0.25) is 5.91 Å². The van der Waals surface area contributed by atoms with Gasteiger partial charge in [-0.1, -0.05) is 6.58 Å². The smallest absolute Gasteiger partial charge is 0.245 e. The Hall–Kier alpha value is -0.830. The monoisotopic (exact) mass is 208 g/mol. The van der Waals surface area contributed by atoms with Crippen LogP contribution in [0.3, 0.4) is 0 Å². The third-order valence-corrected chi connectivity index (χ3v) is 3.97. The molecule has 84 valence electrons. The fourth-order valence-corrected chi connectivity index (χ4v) is 2.79. The normalized spacial score (nSPS) is 25.2. The minimum absolute atomic E-state index is 0.0961. The van der Waals surface area contributed by atoms with Crippen LogP contribution in [-0.2, 0) is 4.79 Å². The molecule has 0 aromatic carbocycles. The molecule has 2 rings (SSSR count). The maximum absolute atomic E-state index is 11.4. The number of carbonyl (C=O) groups excluding carboxylic acids is 1. The van der Waals surface area contributed by atoms with E-state index in [1.54, 1.807) is 0 Å². The van der Waals surface area contributed by atoms with Crippen molar-refractivity contribution in [3.63, 3.8) is 0 Å². The van der Waals surface area contributed by atoms with E-state index in [1.807, 2.05) is 4.90 Å². The molecule has 15 heavy (non-hydrogen) atoms. The van der Waals surface area contributed by atoms with Crippen LogP contribution >= 0.6 is 0 Å². The van der Waals surface area contributed by atoms with Crippen LogP contribution in [0, 0.1) is 5.41 Å². The molecule has 1 N–H and O–H groups in total. The number of rotatable bonds is 1. The lowest BCUT2D eigenvalue weighted by Gasteiger charge is -2.44. The third-order valence-electron chi connectivity index (χ3n) is 3.97. The number of piperidine rings is 2. The first kappa shape index (κ1) is 10.7. The summed E-state index contributed by atoms with van der Waals surface area (Å²) in [5.74, 6) is 0.0961. The summed E-state index contributed by atoms with van der Waals surface area (Å²) in [4.78, 5) is 13.4. The van der Waals surface area contributed by atoms with Crippen molar-refractivity contribution in [2.45, 2.75) is 25.7 Å². The van der Waals surface area contributed by atoms with Gasteiger partial charge in [-0.15, -0.1) is 0 Å². The van der Waals surface area contributed by atoms with Crippen LogP contribution < -0.4 is 5.32 Å². The van der Waals surface area contributed by atoms with Gasteiger partial charge in [0.1, 0.15) is 0 Å². The summed E-state index contributed by atoms with van der Waals surface area (Å²) in [6, 6.07) is 0. The molecule has 0 aromatic rings. The Kier molecular flexibility index (Phi) is 3.10. The molecule has 0 aromatic heterocycles. The topological polar surface area (TPSA) is 32.3 Å². The molecule has 0 saturated carbocycles. The predicted molar refractivity (Wildman–Crippen MR) is 60.5 cm³/mol. The first-order chi connectivity index (χ1) is 7.26.